The molecule has 0 saturated carbocycles. The van der Waals surface area contributed by atoms with Crippen LogP contribution in [0, 0.1) is 6.92 Å². The standard InChI is InChI=1S/C15H15N3O4/c1-9-7-12(14(20)22-3)18-15(16-9)17-11-6-4-5-10(8-11)13(19)21-2/h4-8H,1-3H3,(H,16,17,18). The van der Waals surface area contributed by atoms with Gasteiger partial charge in [-0.3, -0.25) is 0 Å². The Labute approximate surface area is 127 Å². The number of ether oxygens (including phenoxy) is 2. The predicted molar refractivity (Wildman–Crippen MR) is 79.2 cm³/mol. The molecule has 0 spiro atoms. The van der Waals surface area contributed by atoms with Gasteiger partial charge in [-0.1, -0.05) is 6.07 Å². The van der Waals surface area contributed by atoms with Crippen LogP contribution in [-0.4, -0.2) is 36.1 Å². The molecule has 2 rings (SSSR count). The van der Waals surface area contributed by atoms with Gasteiger partial charge in [-0.05, 0) is 31.2 Å². The van der Waals surface area contributed by atoms with Gasteiger partial charge in [-0.25, -0.2) is 19.6 Å². The minimum absolute atomic E-state index is 0.154. The van der Waals surface area contributed by atoms with Crippen molar-refractivity contribution >= 4 is 23.6 Å². The number of aromatic nitrogens is 2. The number of aryl methyl sites for hydroxylation is 1. The summed E-state index contributed by atoms with van der Waals surface area (Å²) < 4.78 is 9.31. The normalized spacial score (nSPS) is 9.95. The third kappa shape index (κ3) is 3.57. The molecule has 114 valence electrons. The van der Waals surface area contributed by atoms with Crippen LogP contribution in [0.5, 0.6) is 0 Å². The number of anilines is 2. The first-order chi connectivity index (χ1) is 10.5. The summed E-state index contributed by atoms with van der Waals surface area (Å²) in [4.78, 5) is 31.3. The molecule has 0 fully saturated rings. The molecule has 0 radical (unpaired) electrons. The Morgan fingerprint density at radius 3 is 2.45 bits per heavy atom. The highest BCUT2D eigenvalue weighted by Gasteiger charge is 2.11. The average molecular weight is 301 g/mol. The summed E-state index contributed by atoms with van der Waals surface area (Å²) >= 11 is 0. The maximum atomic E-state index is 11.6. The van der Waals surface area contributed by atoms with Crippen molar-refractivity contribution in [1.29, 1.82) is 0 Å². The Morgan fingerprint density at radius 2 is 1.77 bits per heavy atom. The van der Waals surface area contributed by atoms with E-state index in [9.17, 15) is 9.59 Å². The highest BCUT2D eigenvalue weighted by molar-refractivity contribution is 5.90. The van der Waals surface area contributed by atoms with E-state index in [1.54, 1.807) is 31.2 Å². The highest BCUT2D eigenvalue weighted by atomic mass is 16.5. The zero-order chi connectivity index (χ0) is 16.1. The van der Waals surface area contributed by atoms with E-state index in [1.807, 2.05) is 0 Å². The number of hydrogen-bond acceptors (Lipinski definition) is 7. The summed E-state index contributed by atoms with van der Waals surface area (Å²) in [6, 6.07) is 8.22. The number of hydrogen-bond donors (Lipinski definition) is 1. The van der Waals surface area contributed by atoms with Crippen LogP contribution in [0.25, 0.3) is 0 Å². The summed E-state index contributed by atoms with van der Waals surface area (Å²) in [6.07, 6.45) is 0. The molecule has 0 aliphatic carbocycles. The van der Waals surface area contributed by atoms with E-state index < -0.39 is 11.9 Å². The van der Waals surface area contributed by atoms with Gasteiger partial charge in [-0.15, -0.1) is 0 Å². The molecule has 22 heavy (non-hydrogen) atoms. The van der Waals surface area contributed by atoms with Crippen LogP contribution < -0.4 is 5.32 Å². The Balaban J connectivity index is 2.29. The number of carbonyl (C=O) groups is 2. The molecule has 1 heterocycles. The number of nitrogens with zero attached hydrogens (tertiary/aromatic N) is 2. The van der Waals surface area contributed by atoms with E-state index in [0.717, 1.165) is 0 Å². The van der Waals surface area contributed by atoms with E-state index in [-0.39, 0.29) is 11.6 Å². The van der Waals surface area contributed by atoms with Gasteiger partial charge in [-0.2, -0.15) is 0 Å². The first kappa shape index (κ1) is 15.4. The molecule has 0 unspecified atom stereocenters. The second-order valence-corrected chi connectivity index (χ2v) is 4.41. The number of methoxy groups -OCH3 is 2. The molecule has 0 bridgehead atoms. The Morgan fingerprint density at radius 1 is 1.05 bits per heavy atom. The van der Waals surface area contributed by atoms with E-state index in [4.69, 9.17) is 0 Å². The Kier molecular flexibility index (Phi) is 4.67. The van der Waals surface area contributed by atoms with Crippen LogP contribution in [0.1, 0.15) is 26.5 Å². The molecule has 7 nitrogen and oxygen atoms in total. The quantitative estimate of drug-likeness (QED) is 0.865. The zero-order valence-electron chi connectivity index (χ0n) is 12.4. The molecule has 2 aromatic rings. The molecule has 0 amide bonds. The van der Waals surface area contributed by atoms with Crippen LogP contribution >= 0.6 is 0 Å². The van der Waals surface area contributed by atoms with Gasteiger partial charge in [0.15, 0.2) is 5.69 Å². The predicted octanol–water partition coefficient (Wildman–Crippen LogP) is 2.10. The van der Waals surface area contributed by atoms with E-state index in [1.165, 1.54) is 20.3 Å². The monoisotopic (exact) mass is 301 g/mol. The Hall–Kier alpha value is -2.96. The molecule has 1 aromatic carbocycles. The lowest BCUT2D eigenvalue weighted by Gasteiger charge is -2.08. The van der Waals surface area contributed by atoms with Crippen LogP contribution in [0.3, 0.4) is 0 Å². The average Bonchev–Trinajstić information content (AvgIpc) is 2.53. The minimum atomic E-state index is -0.545. The van der Waals surface area contributed by atoms with Crippen LogP contribution in [0.2, 0.25) is 0 Å². The van der Waals surface area contributed by atoms with Gasteiger partial charge in [0.25, 0.3) is 0 Å². The summed E-state index contributed by atoms with van der Waals surface area (Å²) in [5.41, 5.74) is 1.77. The number of nitrogens with one attached hydrogen (secondary N) is 1. The third-order valence-corrected chi connectivity index (χ3v) is 2.79. The van der Waals surface area contributed by atoms with Gasteiger partial charge >= 0.3 is 11.9 Å². The number of rotatable bonds is 4. The van der Waals surface area contributed by atoms with Crippen molar-refractivity contribution in [1.82, 2.24) is 9.97 Å². The van der Waals surface area contributed by atoms with Crippen molar-refractivity contribution in [3.05, 3.63) is 47.3 Å². The van der Waals surface area contributed by atoms with Crippen LogP contribution in [0.4, 0.5) is 11.6 Å². The number of esters is 2. The third-order valence-electron chi connectivity index (χ3n) is 2.79. The first-order valence-corrected chi connectivity index (χ1v) is 6.43. The molecule has 0 aliphatic heterocycles. The first-order valence-electron chi connectivity index (χ1n) is 6.43. The van der Waals surface area contributed by atoms with Crippen molar-refractivity contribution in [3.63, 3.8) is 0 Å². The SMILES string of the molecule is COC(=O)c1cccc(Nc2nc(C)cc(C(=O)OC)n2)c1. The lowest BCUT2D eigenvalue weighted by molar-refractivity contribution is 0.0588. The van der Waals surface area contributed by atoms with Gasteiger partial charge in [0.1, 0.15) is 0 Å². The maximum absolute atomic E-state index is 11.6. The topological polar surface area (TPSA) is 90.4 Å². The lowest BCUT2D eigenvalue weighted by Crippen LogP contribution is -2.09. The lowest BCUT2D eigenvalue weighted by atomic mass is 10.2. The summed E-state index contributed by atoms with van der Waals surface area (Å²) in [6.45, 7) is 1.74. The van der Waals surface area contributed by atoms with Crippen molar-refractivity contribution < 1.29 is 19.1 Å². The fourth-order valence-corrected chi connectivity index (χ4v) is 1.80. The smallest absolute Gasteiger partial charge is 0.356 e. The zero-order valence-corrected chi connectivity index (χ0v) is 12.4. The van der Waals surface area contributed by atoms with Gasteiger partial charge in [0, 0.05) is 11.4 Å². The van der Waals surface area contributed by atoms with Crippen molar-refractivity contribution in [2.24, 2.45) is 0 Å². The van der Waals surface area contributed by atoms with E-state index in [0.29, 0.717) is 16.9 Å². The fraction of sp³-hybridized carbons (Fsp3) is 0.200. The highest BCUT2D eigenvalue weighted by Crippen LogP contribution is 2.16. The minimum Gasteiger partial charge on any atom is -0.465 e. The maximum Gasteiger partial charge on any atom is 0.356 e. The number of benzene rings is 1. The summed E-state index contributed by atoms with van der Waals surface area (Å²) in [5.74, 6) is -0.747. The number of carbonyl (C=O) groups excluding carboxylic acids is 2. The van der Waals surface area contributed by atoms with Crippen molar-refractivity contribution in [2.45, 2.75) is 6.92 Å². The van der Waals surface area contributed by atoms with E-state index in [2.05, 4.69) is 24.8 Å². The molecule has 1 aromatic heterocycles. The van der Waals surface area contributed by atoms with Crippen molar-refractivity contribution in [2.75, 3.05) is 19.5 Å². The largest absolute Gasteiger partial charge is 0.465 e. The molecule has 7 heteroatoms. The summed E-state index contributed by atoms with van der Waals surface area (Å²) in [7, 11) is 2.60. The second-order valence-electron chi connectivity index (χ2n) is 4.41. The molecule has 0 aliphatic rings. The van der Waals surface area contributed by atoms with Crippen LogP contribution in [-0.2, 0) is 9.47 Å². The molecular formula is C15H15N3O4. The van der Waals surface area contributed by atoms with Gasteiger partial charge in [0.05, 0.1) is 19.8 Å². The van der Waals surface area contributed by atoms with Gasteiger partial charge in [0.2, 0.25) is 5.95 Å². The molecular weight excluding hydrogens is 286 g/mol. The van der Waals surface area contributed by atoms with Crippen LogP contribution in [0.15, 0.2) is 30.3 Å². The fourth-order valence-electron chi connectivity index (χ4n) is 1.80. The van der Waals surface area contributed by atoms with Crippen molar-refractivity contribution in [3.8, 4) is 0 Å². The molecule has 0 saturated heterocycles. The van der Waals surface area contributed by atoms with Gasteiger partial charge < -0.3 is 14.8 Å². The molecule has 0 atom stereocenters. The Bertz CT molecular complexity index is 716. The molecule has 1 N–H and O–H groups in total. The summed E-state index contributed by atoms with van der Waals surface area (Å²) in [5, 5.41) is 2.95. The van der Waals surface area contributed by atoms with E-state index >= 15 is 0 Å². The second kappa shape index (κ2) is 6.66.